The number of hydrogen-bond donors (Lipinski definition) is 1. The van der Waals surface area contributed by atoms with E-state index in [0.29, 0.717) is 19.1 Å². The van der Waals surface area contributed by atoms with E-state index in [1.54, 1.807) is 17.6 Å². The first-order valence-electron chi connectivity index (χ1n) is 8.56. The van der Waals surface area contributed by atoms with Crippen LogP contribution in [0, 0.1) is 5.92 Å². The van der Waals surface area contributed by atoms with E-state index < -0.39 is 0 Å². The summed E-state index contributed by atoms with van der Waals surface area (Å²) in [5.41, 5.74) is 2.17. The summed E-state index contributed by atoms with van der Waals surface area (Å²) in [6.45, 7) is 6.32. The highest BCUT2D eigenvalue weighted by Gasteiger charge is 2.15. The van der Waals surface area contributed by atoms with Crippen LogP contribution in [0.3, 0.4) is 0 Å². The molecule has 4 nitrogen and oxygen atoms in total. The predicted molar refractivity (Wildman–Crippen MR) is 101 cm³/mol. The van der Waals surface area contributed by atoms with E-state index in [9.17, 15) is 0 Å². The first kappa shape index (κ1) is 17.9. The van der Waals surface area contributed by atoms with Gasteiger partial charge in [0.1, 0.15) is 10.8 Å². The number of thiazole rings is 1. The van der Waals surface area contributed by atoms with Crippen molar-refractivity contribution in [1.82, 2.24) is 10.3 Å². The third kappa shape index (κ3) is 5.26. The van der Waals surface area contributed by atoms with Crippen molar-refractivity contribution in [2.24, 2.45) is 5.92 Å². The van der Waals surface area contributed by atoms with Crippen LogP contribution in [0.25, 0.3) is 11.3 Å². The highest BCUT2D eigenvalue weighted by Crippen LogP contribution is 2.22. The molecular weight excluding hydrogens is 332 g/mol. The third-order valence-corrected chi connectivity index (χ3v) is 4.59. The molecule has 0 aliphatic rings. The van der Waals surface area contributed by atoms with Crippen molar-refractivity contribution in [3.05, 3.63) is 64.9 Å². The number of nitrogens with zero attached hydrogens (tertiary/aromatic N) is 1. The first-order valence-corrected chi connectivity index (χ1v) is 9.44. The molecule has 0 fully saturated rings. The lowest BCUT2D eigenvalue weighted by atomic mass is 10.2. The Morgan fingerprint density at radius 1 is 1.12 bits per heavy atom. The second-order valence-electron chi connectivity index (χ2n) is 6.37. The Morgan fingerprint density at radius 2 is 1.96 bits per heavy atom. The van der Waals surface area contributed by atoms with Gasteiger partial charge < -0.3 is 9.15 Å². The SMILES string of the molecule is CC(C)COCC(NCc1nc(-c2ccccc2)cs1)c1ccco1. The van der Waals surface area contributed by atoms with Crippen LogP contribution in [-0.4, -0.2) is 18.2 Å². The number of ether oxygens (including phenoxy) is 1. The largest absolute Gasteiger partial charge is 0.468 e. The zero-order valence-corrected chi connectivity index (χ0v) is 15.5. The Bertz CT molecular complexity index is 738. The number of rotatable bonds is 9. The Labute approximate surface area is 152 Å². The van der Waals surface area contributed by atoms with Crippen LogP contribution in [0.2, 0.25) is 0 Å². The maximum absolute atomic E-state index is 5.80. The van der Waals surface area contributed by atoms with Gasteiger partial charge in [-0.2, -0.15) is 0 Å². The fourth-order valence-corrected chi connectivity index (χ4v) is 3.25. The van der Waals surface area contributed by atoms with Crippen LogP contribution in [-0.2, 0) is 11.3 Å². The van der Waals surface area contributed by atoms with Gasteiger partial charge in [-0.3, -0.25) is 5.32 Å². The summed E-state index contributed by atoms with van der Waals surface area (Å²) < 4.78 is 11.4. The molecule has 2 heterocycles. The summed E-state index contributed by atoms with van der Waals surface area (Å²) >= 11 is 1.67. The number of nitrogens with one attached hydrogen (secondary N) is 1. The van der Waals surface area contributed by atoms with E-state index in [4.69, 9.17) is 14.1 Å². The van der Waals surface area contributed by atoms with Crippen molar-refractivity contribution < 1.29 is 9.15 Å². The van der Waals surface area contributed by atoms with E-state index >= 15 is 0 Å². The predicted octanol–water partition coefficient (Wildman–Crippen LogP) is 4.91. The smallest absolute Gasteiger partial charge is 0.123 e. The summed E-state index contributed by atoms with van der Waals surface area (Å²) in [5, 5.41) is 6.66. The fourth-order valence-electron chi connectivity index (χ4n) is 2.50. The third-order valence-electron chi connectivity index (χ3n) is 3.74. The van der Waals surface area contributed by atoms with E-state index in [-0.39, 0.29) is 6.04 Å². The second-order valence-corrected chi connectivity index (χ2v) is 7.32. The zero-order valence-electron chi connectivity index (χ0n) is 14.6. The summed E-state index contributed by atoms with van der Waals surface area (Å²) in [7, 11) is 0. The Balaban J connectivity index is 1.60. The van der Waals surface area contributed by atoms with E-state index in [0.717, 1.165) is 28.6 Å². The lowest BCUT2D eigenvalue weighted by Crippen LogP contribution is -2.25. The van der Waals surface area contributed by atoms with Crippen molar-refractivity contribution in [3.8, 4) is 11.3 Å². The molecular formula is C20H24N2O2S. The minimum Gasteiger partial charge on any atom is -0.468 e. The number of hydrogen-bond acceptors (Lipinski definition) is 5. The summed E-state index contributed by atoms with van der Waals surface area (Å²) in [6.07, 6.45) is 1.70. The van der Waals surface area contributed by atoms with Gasteiger partial charge in [-0.25, -0.2) is 4.98 Å². The van der Waals surface area contributed by atoms with Crippen molar-refractivity contribution in [3.63, 3.8) is 0 Å². The van der Waals surface area contributed by atoms with Gasteiger partial charge in [-0.1, -0.05) is 44.2 Å². The van der Waals surface area contributed by atoms with Gasteiger partial charge in [0.2, 0.25) is 0 Å². The van der Waals surface area contributed by atoms with Gasteiger partial charge in [0.25, 0.3) is 0 Å². The van der Waals surface area contributed by atoms with Gasteiger partial charge in [-0.15, -0.1) is 11.3 Å². The standard InChI is InChI=1S/C20H24N2O2S/c1-15(2)12-23-13-17(19-9-6-10-24-19)21-11-20-22-18(14-25-20)16-7-4-3-5-8-16/h3-10,14-15,17,21H,11-13H2,1-2H3. The van der Waals surface area contributed by atoms with Crippen molar-refractivity contribution in [2.45, 2.75) is 26.4 Å². The topological polar surface area (TPSA) is 47.3 Å². The lowest BCUT2D eigenvalue weighted by molar-refractivity contribution is 0.0844. The van der Waals surface area contributed by atoms with Crippen LogP contribution in [0.5, 0.6) is 0 Å². The maximum atomic E-state index is 5.80. The van der Waals surface area contributed by atoms with Gasteiger partial charge in [-0.05, 0) is 18.1 Å². The molecule has 0 bridgehead atoms. The quantitative estimate of drug-likeness (QED) is 0.592. The van der Waals surface area contributed by atoms with Crippen LogP contribution >= 0.6 is 11.3 Å². The molecule has 25 heavy (non-hydrogen) atoms. The Kier molecular flexibility index (Phi) is 6.39. The molecule has 1 unspecified atom stereocenters. The molecule has 0 aliphatic carbocycles. The maximum Gasteiger partial charge on any atom is 0.123 e. The van der Waals surface area contributed by atoms with Gasteiger partial charge in [0.15, 0.2) is 0 Å². The molecule has 0 saturated carbocycles. The second kappa shape index (κ2) is 8.94. The molecule has 2 aromatic heterocycles. The average molecular weight is 356 g/mol. The van der Waals surface area contributed by atoms with Gasteiger partial charge >= 0.3 is 0 Å². The molecule has 5 heteroatoms. The zero-order chi connectivity index (χ0) is 17.5. The molecule has 0 saturated heterocycles. The van der Waals surface area contributed by atoms with Gasteiger partial charge in [0, 0.05) is 24.1 Å². The minimum atomic E-state index is 0.0258. The van der Waals surface area contributed by atoms with E-state index in [1.807, 2.05) is 30.3 Å². The van der Waals surface area contributed by atoms with Crippen LogP contribution in [0.15, 0.2) is 58.5 Å². The van der Waals surface area contributed by atoms with E-state index in [2.05, 4.69) is 36.7 Å². The van der Waals surface area contributed by atoms with Crippen molar-refractivity contribution in [2.75, 3.05) is 13.2 Å². The van der Waals surface area contributed by atoms with Crippen molar-refractivity contribution in [1.29, 1.82) is 0 Å². The van der Waals surface area contributed by atoms with Crippen LogP contribution in [0.1, 0.15) is 30.7 Å². The summed E-state index contributed by atoms with van der Waals surface area (Å²) in [6, 6.07) is 14.2. The fraction of sp³-hybridized carbons (Fsp3) is 0.350. The molecule has 0 spiro atoms. The number of furan rings is 1. The van der Waals surface area contributed by atoms with Gasteiger partial charge in [0.05, 0.1) is 24.6 Å². The molecule has 1 atom stereocenters. The molecule has 0 aliphatic heterocycles. The first-order chi connectivity index (χ1) is 12.2. The monoisotopic (exact) mass is 356 g/mol. The highest BCUT2D eigenvalue weighted by molar-refractivity contribution is 7.09. The van der Waals surface area contributed by atoms with Crippen LogP contribution in [0.4, 0.5) is 0 Å². The minimum absolute atomic E-state index is 0.0258. The number of benzene rings is 1. The Morgan fingerprint density at radius 3 is 2.68 bits per heavy atom. The van der Waals surface area contributed by atoms with E-state index in [1.165, 1.54) is 0 Å². The normalized spacial score (nSPS) is 12.6. The number of aromatic nitrogens is 1. The Hall–Kier alpha value is -1.95. The molecule has 1 aromatic carbocycles. The molecule has 3 aromatic rings. The van der Waals surface area contributed by atoms with Crippen LogP contribution < -0.4 is 5.32 Å². The summed E-state index contributed by atoms with van der Waals surface area (Å²) in [5.74, 6) is 1.41. The molecule has 132 valence electrons. The summed E-state index contributed by atoms with van der Waals surface area (Å²) in [4.78, 5) is 4.73. The van der Waals surface area contributed by atoms with Crippen molar-refractivity contribution >= 4 is 11.3 Å². The highest BCUT2D eigenvalue weighted by atomic mass is 32.1. The molecule has 3 rings (SSSR count). The molecule has 0 amide bonds. The average Bonchev–Trinajstić information content (AvgIpc) is 3.30. The lowest BCUT2D eigenvalue weighted by Gasteiger charge is -2.17. The molecule has 0 radical (unpaired) electrons. The molecule has 1 N–H and O–H groups in total.